The summed E-state index contributed by atoms with van der Waals surface area (Å²) in [6.07, 6.45) is -5.88. The average Bonchev–Trinajstić information content (AvgIpc) is 2.84. The summed E-state index contributed by atoms with van der Waals surface area (Å²) in [4.78, 5) is 39.6. The lowest BCUT2D eigenvalue weighted by Gasteiger charge is -2.48. The molecule has 2 saturated heterocycles. The molecule has 2 aliphatic rings. The molecule has 2 heterocycles. The number of azide groups is 1. The topological polar surface area (TPSA) is 170 Å². The summed E-state index contributed by atoms with van der Waals surface area (Å²) in [6.45, 7) is 10.1. The molecule has 0 saturated carbocycles. The van der Waals surface area contributed by atoms with Gasteiger partial charge in [0.2, 0.25) is 12.2 Å². The first-order chi connectivity index (χ1) is 18.1. The lowest BCUT2D eigenvalue weighted by molar-refractivity contribution is -0.311. The number of ketones is 2. The third-order valence-electron chi connectivity index (χ3n) is 7.15. The van der Waals surface area contributed by atoms with Crippen LogP contribution in [0.25, 0.3) is 10.4 Å². The molecule has 10 atom stereocenters. The van der Waals surface area contributed by atoms with Gasteiger partial charge in [0, 0.05) is 17.3 Å². The van der Waals surface area contributed by atoms with Gasteiger partial charge in [-0.2, -0.15) is 0 Å². The maximum atomic E-state index is 12.7. The fraction of sp³-hybridized carbons (Fsp3) is 0.833. The second-order valence-electron chi connectivity index (χ2n) is 9.96. The van der Waals surface area contributed by atoms with E-state index in [4.69, 9.17) is 63.9 Å². The summed E-state index contributed by atoms with van der Waals surface area (Å²) in [5, 5.41) is 11.9. The lowest BCUT2D eigenvalue weighted by Crippen LogP contribution is -2.61. The van der Waals surface area contributed by atoms with Crippen molar-refractivity contribution in [3.05, 3.63) is 10.4 Å². The molecular formula is C24H35Cl3N4O8. The molecule has 1 N–H and O–H groups in total. The Kier molecular flexibility index (Phi) is 12.3. The van der Waals surface area contributed by atoms with Gasteiger partial charge in [0.15, 0.2) is 18.2 Å². The number of alkyl halides is 3. The van der Waals surface area contributed by atoms with Gasteiger partial charge in [-0.25, -0.2) is 0 Å². The molecule has 12 nitrogen and oxygen atoms in total. The third-order valence-corrected chi connectivity index (χ3v) is 7.66. The Balaban J connectivity index is 2.43. The molecule has 0 aliphatic carbocycles. The highest BCUT2D eigenvalue weighted by Crippen LogP contribution is 2.39. The molecule has 39 heavy (non-hydrogen) atoms. The minimum absolute atomic E-state index is 0.0511. The molecule has 0 aromatic rings. The SMILES string of the molecule is CCC1O[C@H](O[C@@H]2C(C(C)=O)O[C@H](OC(=N)C(Cl)(Cl)Cl)C(OC(=O)CCC(C)=O)[C@H]2C)C(N=[N+]=[N-])[C@@H](C)[C@@H]1C. The normalized spacial score (nSPS) is 34.9. The molecule has 4 unspecified atom stereocenters. The standard InChI is InChI=1S/C24H35Cl3N4O8/c1-7-15-11(3)12(4)17(30-31-29)21(35-15)37-18-13(5)19(36-16(34)9-8-10(2)32)22(38-20(18)14(6)33)39-23(28)24(25,26)27/h11-13,15,17-22,28H,7-9H2,1-6H3/t11-,12-,13-,15?,17?,18-,19?,20?,21+,22+/m0/s1. The summed E-state index contributed by atoms with van der Waals surface area (Å²) in [5.74, 6) is -3.05. The molecule has 2 fully saturated rings. The number of rotatable bonds is 10. The van der Waals surface area contributed by atoms with Crippen molar-refractivity contribution in [1.29, 1.82) is 5.41 Å². The molecule has 0 amide bonds. The second-order valence-corrected chi connectivity index (χ2v) is 12.2. The molecule has 0 bridgehead atoms. The Morgan fingerprint density at radius 3 is 2.13 bits per heavy atom. The first-order valence-electron chi connectivity index (χ1n) is 12.6. The van der Waals surface area contributed by atoms with Gasteiger partial charge < -0.3 is 28.5 Å². The summed E-state index contributed by atoms with van der Waals surface area (Å²) in [5.41, 5.74) is 9.19. The highest BCUT2D eigenvalue weighted by Gasteiger charge is 2.53. The Hall–Kier alpha value is -1.66. The molecule has 220 valence electrons. The minimum atomic E-state index is -2.25. The smallest absolute Gasteiger partial charge is 0.306 e. The van der Waals surface area contributed by atoms with Crippen LogP contribution in [0.4, 0.5) is 0 Å². The molecule has 15 heteroatoms. The molecule has 0 spiro atoms. The Labute approximate surface area is 242 Å². The van der Waals surface area contributed by atoms with E-state index in [1.54, 1.807) is 6.92 Å². The molecule has 2 aliphatic heterocycles. The number of nitrogens with one attached hydrogen (secondary N) is 1. The fourth-order valence-corrected chi connectivity index (χ4v) is 4.82. The van der Waals surface area contributed by atoms with E-state index in [1.165, 1.54) is 13.8 Å². The van der Waals surface area contributed by atoms with Gasteiger partial charge in [-0.15, -0.1) is 0 Å². The molecule has 2 rings (SSSR count). The summed E-state index contributed by atoms with van der Waals surface area (Å²) in [6, 6.07) is -0.712. The number of carbonyl (C=O) groups excluding carboxylic acids is 3. The van der Waals surface area contributed by atoms with Crippen LogP contribution < -0.4 is 0 Å². The average molecular weight is 614 g/mol. The predicted molar refractivity (Wildman–Crippen MR) is 142 cm³/mol. The fourth-order valence-electron chi connectivity index (χ4n) is 4.69. The van der Waals surface area contributed by atoms with Crippen LogP contribution in [0.3, 0.4) is 0 Å². The first kappa shape index (κ1) is 33.5. The van der Waals surface area contributed by atoms with E-state index in [9.17, 15) is 19.9 Å². The van der Waals surface area contributed by atoms with Crippen LogP contribution in [0.15, 0.2) is 5.11 Å². The first-order valence-corrected chi connectivity index (χ1v) is 13.8. The molecule has 0 aromatic heterocycles. The van der Waals surface area contributed by atoms with E-state index in [0.29, 0.717) is 6.42 Å². The van der Waals surface area contributed by atoms with Crippen LogP contribution >= 0.6 is 34.8 Å². The third kappa shape index (κ3) is 8.66. The number of ether oxygens (including phenoxy) is 5. The van der Waals surface area contributed by atoms with Crippen molar-refractivity contribution in [3.8, 4) is 0 Å². The van der Waals surface area contributed by atoms with Gasteiger partial charge in [-0.3, -0.25) is 15.0 Å². The Morgan fingerprint density at radius 1 is 0.974 bits per heavy atom. The number of esters is 1. The highest BCUT2D eigenvalue weighted by atomic mass is 35.6. The van der Waals surface area contributed by atoms with Crippen LogP contribution in [0, 0.1) is 23.2 Å². The molecule has 0 radical (unpaired) electrons. The predicted octanol–water partition coefficient (Wildman–Crippen LogP) is 5.05. The highest BCUT2D eigenvalue weighted by molar-refractivity contribution is 6.76. The van der Waals surface area contributed by atoms with Crippen molar-refractivity contribution >= 4 is 58.2 Å². The van der Waals surface area contributed by atoms with Crippen molar-refractivity contribution in [2.24, 2.45) is 22.9 Å². The van der Waals surface area contributed by atoms with Gasteiger partial charge in [0.25, 0.3) is 3.79 Å². The van der Waals surface area contributed by atoms with E-state index >= 15 is 0 Å². The van der Waals surface area contributed by atoms with Crippen LogP contribution in [-0.2, 0) is 38.1 Å². The van der Waals surface area contributed by atoms with E-state index in [2.05, 4.69) is 10.0 Å². The lowest BCUT2D eigenvalue weighted by atomic mass is 9.81. The summed E-state index contributed by atoms with van der Waals surface area (Å²) >= 11 is 17.3. The van der Waals surface area contributed by atoms with Crippen LogP contribution in [0.2, 0.25) is 0 Å². The largest absolute Gasteiger partial charge is 0.455 e. The number of Topliss-reactive ketones (excluding diaryl/α,β-unsaturated/α-hetero) is 2. The Bertz CT molecular complexity index is 974. The van der Waals surface area contributed by atoms with E-state index in [-0.39, 0.29) is 36.6 Å². The quantitative estimate of drug-likeness (QED) is 0.0678. The van der Waals surface area contributed by atoms with Gasteiger partial charge in [-0.1, -0.05) is 67.6 Å². The van der Waals surface area contributed by atoms with Crippen molar-refractivity contribution in [3.63, 3.8) is 0 Å². The zero-order chi connectivity index (χ0) is 29.7. The zero-order valence-corrected chi connectivity index (χ0v) is 24.9. The van der Waals surface area contributed by atoms with E-state index in [1.807, 2.05) is 20.8 Å². The summed E-state index contributed by atoms with van der Waals surface area (Å²) in [7, 11) is 0. The summed E-state index contributed by atoms with van der Waals surface area (Å²) < 4.78 is 27.1. The van der Waals surface area contributed by atoms with Crippen molar-refractivity contribution in [2.45, 2.75) is 108 Å². The van der Waals surface area contributed by atoms with Crippen LogP contribution in [0.1, 0.15) is 60.8 Å². The number of hydrogen-bond acceptors (Lipinski definition) is 10. The molecule has 0 aromatic carbocycles. The number of nitrogens with zero attached hydrogens (tertiary/aromatic N) is 3. The van der Waals surface area contributed by atoms with Crippen molar-refractivity contribution < 1.29 is 38.1 Å². The van der Waals surface area contributed by atoms with Crippen LogP contribution in [0.5, 0.6) is 0 Å². The monoisotopic (exact) mass is 612 g/mol. The van der Waals surface area contributed by atoms with Crippen molar-refractivity contribution in [2.75, 3.05) is 0 Å². The van der Waals surface area contributed by atoms with Gasteiger partial charge in [-0.05, 0) is 37.6 Å². The van der Waals surface area contributed by atoms with Crippen molar-refractivity contribution in [1.82, 2.24) is 0 Å². The van der Waals surface area contributed by atoms with Gasteiger partial charge in [0.1, 0.15) is 18.0 Å². The van der Waals surface area contributed by atoms with E-state index in [0.717, 1.165) is 0 Å². The van der Waals surface area contributed by atoms with Crippen LogP contribution in [-0.4, -0.2) is 70.3 Å². The second kappa shape index (κ2) is 14.3. The van der Waals surface area contributed by atoms with Gasteiger partial charge >= 0.3 is 5.97 Å². The van der Waals surface area contributed by atoms with Gasteiger partial charge in [0.05, 0.1) is 18.6 Å². The van der Waals surface area contributed by atoms with E-state index < -0.39 is 64.3 Å². The molecular weight excluding hydrogens is 579 g/mol. The zero-order valence-electron chi connectivity index (χ0n) is 22.6. The maximum Gasteiger partial charge on any atom is 0.306 e. The maximum absolute atomic E-state index is 12.7. The minimum Gasteiger partial charge on any atom is -0.455 e. The number of carbonyl (C=O) groups is 3. The Morgan fingerprint density at radius 2 is 1.62 bits per heavy atom. The number of halogens is 3. The number of hydrogen-bond donors (Lipinski definition) is 1.